The minimum absolute atomic E-state index is 0.426. The Bertz CT molecular complexity index is 349. The molecule has 1 saturated heterocycles. The van der Waals surface area contributed by atoms with Crippen molar-refractivity contribution in [2.75, 3.05) is 26.3 Å². The summed E-state index contributed by atoms with van der Waals surface area (Å²) in [5.41, 5.74) is 4.54. The average molecular weight is 273 g/mol. The largest absolute Gasteiger partial charge is 0.480 e. The van der Waals surface area contributed by atoms with Gasteiger partial charge in [-0.1, -0.05) is 0 Å². The molecule has 1 aliphatic rings. The fraction of sp³-hybridized carbons (Fsp3) is 0.727. The summed E-state index contributed by atoms with van der Waals surface area (Å²) in [5, 5.41) is 11.5. The number of rotatable bonds is 5. The number of nitrogens with one attached hydrogen (secondary N) is 1. The number of carbonyl (C=O) groups is 3. The van der Waals surface area contributed by atoms with Gasteiger partial charge in [0.1, 0.15) is 13.1 Å². The highest BCUT2D eigenvalue weighted by atomic mass is 16.5. The van der Waals surface area contributed by atoms with Gasteiger partial charge in [-0.15, -0.1) is 0 Å². The standard InChI is InChI=1S/C11H19N3O5/c1-11(2-4-19-5-3-11)13-10(18)14(6-8(12)15)7-9(16)17/h2-7H2,1H3,(H2,12,15)(H,13,18)(H,16,17). The van der Waals surface area contributed by atoms with Crippen LogP contribution in [0.2, 0.25) is 0 Å². The first-order chi connectivity index (χ1) is 8.82. The summed E-state index contributed by atoms with van der Waals surface area (Å²) in [7, 11) is 0. The molecule has 8 nitrogen and oxygen atoms in total. The van der Waals surface area contributed by atoms with Crippen LogP contribution in [-0.4, -0.2) is 59.8 Å². The molecule has 0 aromatic heterocycles. The van der Waals surface area contributed by atoms with Gasteiger partial charge in [0.2, 0.25) is 5.91 Å². The van der Waals surface area contributed by atoms with Gasteiger partial charge in [0.15, 0.2) is 0 Å². The van der Waals surface area contributed by atoms with Gasteiger partial charge in [-0.25, -0.2) is 4.79 Å². The highest BCUT2D eigenvalue weighted by molar-refractivity contribution is 5.86. The van der Waals surface area contributed by atoms with E-state index in [0.717, 1.165) is 4.90 Å². The van der Waals surface area contributed by atoms with Crippen LogP contribution in [0.25, 0.3) is 0 Å². The summed E-state index contributed by atoms with van der Waals surface area (Å²) >= 11 is 0. The van der Waals surface area contributed by atoms with Crippen molar-refractivity contribution in [1.82, 2.24) is 10.2 Å². The lowest BCUT2D eigenvalue weighted by Gasteiger charge is -2.36. The Labute approximate surface area is 110 Å². The summed E-state index contributed by atoms with van der Waals surface area (Å²) in [5.74, 6) is -1.96. The molecule has 0 unspecified atom stereocenters. The quantitative estimate of drug-likeness (QED) is 0.601. The van der Waals surface area contributed by atoms with Crippen LogP contribution in [-0.2, 0) is 14.3 Å². The first-order valence-corrected chi connectivity index (χ1v) is 5.97. The number of carbonyl (C=O) groups excluding carboxylic acids is 2. The lowest BCUT2D eigenvalue weighted by molar-refractivity contribution is -0.137. The Morgan fingerprint density at radius 3 is 2.37 bits per heavy atom. The molecule has 0 aliphatic carbocycles. The number of carboxylic acid groups (broad SMARTS) is 1. The van der Waals surface area contributed by atoms with E-state index in [-0.39, 0.29) is 0 Å². The van der Waals surface area contributed by atoms with Crippen LogP contribution in [0.1, 0.15) is 19.8 Å². The van der Waals surface area contributed by atoms with Gasteiger partial charge in [-0.2, -0.15) is 0 Å². The fourth-order valence-corrected chi connectivity index (χ4v) is 1.84. The van der Waals surface area contributed by atoms with Crippen LogP contribution >= 0.6 is 0 Å². The van der Waals surface area contributed by atoms with Crippen molar-refractivity contribution >= 4 is 17.9 Å². The monoisotopic (exact) mass is 273 g/mol. The van der Waals surface area contributed by atoms with Crippen LogP contribution < -0.4 is 11.1 Å². The zero-order valence-corrected chi connectivity index (χ0v) is 10.8. The van der Waals surface area contributed by atoms with Crippen LogP contribution in [0.4, 0.5) is 4.79 Å². The minimum Gasteiger partial charge on any atom is -0.480 e. The van der Waals surface area contributed by atoms with E-state index in [1.807, 2.05) is 6.92 Å². The van der Waals surface area contributed by atoms with Gasteiger partial charge in [-0.3, -0.25) is 9.59 Å². The lowest BCUT2D eigenvalue weighted by Crippen LogP contribution is -2.56. The molecule has 1 aliphatic heterocycles. The molecular weight excluding hydrogens is 254 g/mol. The number of nitrogens with two attached hydrogens (primary N) is 1. The summed E-state index contributed by atoms with van der Waals surface area (Å²) in [6.07, 6.45) is 1.27. The molecule has 108 valence electrons. The van der Waals surface area contributed by atoms with E-state index in [1.54, 1.807) is 0 Å². The van der Waals surface area contributed by atoms with Gasteiger partial charge in [0, 0.05) is 18.8 Å². The number of hydrogen-bond acceptors (Lipinski definition) is 4. The average Bonchev–Trinajstić information content (AvgIpc) is 2.27. The van der Waals surface area contributed by atoms with Gasteiger partial charge in [-0.05, 0) is 19.8 Å². The second kappa shape index (κ2) is 6.37. The maximum Gasteiger partial charge on any atom is 0.323 e. The third-order valence-corrected chi connectivity index (χ3v) is 2.97. The maximum absolute atomic E-state index is 12.0. The normalized spacial score (nSPS) is 17.5. The number of hydrogen-bond donors (Lipinski definition) is 3. The topological polar surface area (TPSA) is 122 Å². The van der Waals surface area contributed by atoms with Gasteiger partial charge in [0.25, 0.3) is 0 Å². The number of ether oxygens (including phenoxy) is 1. The van der Waals surface area contributed by atoms with Crippen molar-refractivity contribution in [3.63, 3.8) is 0 Å². The summed E-state index contributed by atoms with van der Waals surface area (Å²) in [4.78, 5) is 34.4. The van der Waals surface area contributed by atoms with E-state index in [2.05, 4.69) is 5.32 Å². The van der Waals surface area contributed by atoms with Gasteiger partial charge < -0.3 is 25.8 Å². The Morgan fingerprint density at radius 1 is 1.32 bits per heavy atom. The highest BCUT2D eigenvalue weighted by Gasteiger charge is 2.31. The molecule has 1 rings (SSSR count). The highest BCUT2D eigenvalue weighted by Crippen LogP contribution is 2.19. The van der Waals surface area contributed by atoms with E-state index in [1.165, 1.54) is 0 Å². The zero-order valence-electron chi connectivity index (χ0n) is 10.8. The molecule has 0 spiro atoms. The van der Waals surface area contributed by atoms with Gasteiger partial charge in [0.05, 0.1) is 0 Å². The van der Waals surface area contributed by atoms with Crippen molar-refractivity contribution in [3.05, 3.63) is 0 Å². The van der Waals surface area contributed by atoms with E-state index in [0.29, 0.717) is 26.1 Å². The summed E-state index contributed by atoms with van der Waals surface area (Å²) in [6.45, 7) is 1.93. The smallest absolute Gasteiger partial charge is 0.323 e. The van der Waals surface area contributed by atoms with Crippen LogP contribution in [0, 0.1) is 0 Å². The molecule has 1 heterocycles. The molecule has 0 aromatic rings. The third-order valence-electron chi connectivity index (χ3n) is 2.97. The number of amides is 3. The Balaban J connectivity index is 2.64. The summed E-state index contributed by atoms with van der Waals surface area (Å²) in [6, 6.07) is -0.606. The number of urea groups is 1. The Kier molecular flexibility index (Phi) is 5.11. The van der Waals surface area contributed by atoms with E-state index in [4.69, 9.17) is 15.6 Å². The third kappa shape index (κ3) is 5.12. The molecule has 0 saturated carbocycles. The van der Waals surface area contributed by atoms with Crippen LogP contribution in [0.15, 0.2) is 0 Å². The molecule has 8 heteroatoms. The van der Waals surface area contributed by atoms with Crippen LogP contribution in [0.5, 0.6) is 0 Å². The Morgan fingerprint density at radius 2 is 1.89 bits per heavy atom. The molecule has 4 N–H and O–H groups in total. The maximum atomic E-state index is 12.0. The minimum atomic E-state index is -1.20. The molecule has 3 amide bonds. The molecule has 0 aromatic carbocycles. The van der Waals surface area contributed by atoms with Gasteiger partial charge >= 0.3 is 12.0 Å². The summed E-state index contributed by atoms with van der Waals surface area (Å²) < 4.78 is 5.20. The van der Waals surface area contributed by atoms with Crippen molar-refractivity contribution in [2.24, 2.45) is 5.73 Å². The zero-order chi connectivity index (χ0) is 14.5. The Hall–Kier alpha value is -1.83. The second-order valence-electron chi connectivity index (χ2n) is 4.82. The number of carboxylic acids is 1. The van der Waals surface area contributed by atoms with Crippen molar-refractivity contribution < 1.29 is 24.2 Å². The SMILES string of the molecule is CC1(NC(=O)N(CC(N)=O)CC(=O)O)CCOCC1. The predicted octanol–water partition coefficient (Wildman–Crippen LogP) is -0.863. The molecule has 0 atom stereocenters. The molecular formula is C11H19N3O5. The fourth-order valence-electron chi connectivity index (χ4n) is 1.84. The second-order valence-corrected chi connectivity index (χ2v) is 4.82. The van der Waals surface area contributed by atoms with Crippen molar-refractivity contribution in [1.29, 1.82) is 0 Å². The molecule has 1 fully saturated rings. The molecule has 19 heavy (non-hydrogen) atoms. The molecule has 0 bridgehead atoms. The van der Waals surface area contributed by atoms with Crippen molar-refractivity contribution in [3.8, 4) is 0 Å². The van der Waals surface area contributed by atoms with E-state index in [9.17, 15) is 14.4 Å². The number of aliphatic carboxylic acids is 1. The number of nitrogens with zero attached hydrogens (tertiary/aromatic N) is 1. The van der Waals surface area contributed by atoms with Crippen molar-refractivity contribution in [2.45, 2.75) is 25.3 Å². The van der Waals surface area contributed by atoms with Crippen LogP contribution in [0.3, 0.4) is 0 Å². The predicted molar refractivity (Wildman–Crippen MR) is 65.4 cm³/mol. The lowest BCUT2D eigenvalue weighted by atomic mass is 9.93. The van der Waals surface area contributed by atoms with E-state index < -0.39 is 36.5 Å². The first kappa shape index (κ1) is 15.2. The molecule has 0 radical (unpaired) electrons. The van der Waals surface area contributed by atoms with E-state index >= 15 is 0 Å². The first-order valence-electron chi connectivity index (χ1n) is 5.97. The number of primary amides is 1.